The van der Waals surface area contributed by atoms with Gasteiger partial charge in [0.2, 0.25) is 0 Å². The van der Waals surface area contributed by atoms with Gasteiger partial charge in [-0.15, -0.1) is 0 Å². The molecule has 0 radical (unpaired) electrons. The molecule has 0 spiro atoms. The van der Waals surface area contributed by atoms with Gasteiger partial charge in [0.15, 0.2) is 12.2 Å². The number of carbonyl (C=O) groups excluding carboxylic acids is 4. The summed E-state index contributed by atoms with van der Waals surface area (Å²) < 4.78 is 68.6. The highest BCUT2D eigenvalue weighted by atomic mass is 31.2. The molecule has 2 unspecified atom stereocenters. The molecular formula is C79H148O17P2. The highest BCUT2D eigenvalue weighted by Gasteiger charge is 2.30. The Morgan fingerprint density at radius 2 is 0.500 bits per heavy atom. The third kappa shape index (κ3) is 71.7. The lowest BCUT2D eigenvalue weighted by molar-refractivity contribution is -0.161. The molecule has 0 amide bonds. The first-order valence-electron chi connectivity index (χ1n) is 40.2. The molecule has 0 rings (SSSR count). The Morgan fingerprint density at radius 1 is 0.286 bits per heavy atom. The van der Waals surface area contributed by atoms with E-state index in [1.54, 1.807) is 0 Å². The molecule has 0 heterocycles. The predicted molar refractivity (Wildman–Crippen MR) is 400 cm³/mol. The number of ether oxygens (including phenoxy) is 4. The van der Waals surface area contributed by atoms with Gasteiger partial charge < -0.3 is 33.8 Å². The molecule has 5 atom stereocenters. The van der Waals surface area contributed by atoms with Crippen molar-refractivity contribution in [3.8, 4) is 0 Å². The van der Waals surface area contributed by atoms with E-state index in [0.29, 0.717) is 25.7 Å². The van der Waals surface area contributed by atoms with Gasteiger partial charge >= 0.3 is 39.5 Å². The number of carbonyl (C=O) groups is 4. The molecule has 0 aromatic rings. The average molecular weight is 1430 g/mol. The summed E-state index contributed by atoms with van der Waals surface area (Å²) in [4.78, 5) is 72.9. The Morgan fingerprint density at radius 3 is 0.786 bits per heavy atom. The van der Waals surface area contributed by atoms with Crippen molar-refractivity contribution in [1.29, 1.82) is 0 Å². The number of phosphoric ester groups is 2. The van der Waals surface area contributed by atoms with Gasteiger partial charge in [-0.2, -0.15) is 0 Å². The molecule has 576 valence electrons. The first-order valence-corrected chi connectivity index (χ1v) is 43.2. The van der Waals surface area contributed by atoms with Crippen LogP contribution in [0.1, 0.15) is 387 Å². The van der Waals surface area contributed by atoms with Gasteiger partial charge in [0.05, 0.1) is 26.4 Å². The molecule has 0 saturated heterocycles. The second-order valence-electron chi connectivity index (χ2n) is 27.4. The van der Waals surface area contributed by atoms with E-state index in [1.165, 1.54) is 173 Å². The summed E-state index contributed by atoms with van der Waals surface area (Å²) in [7, 11) is -9.93. The van der Waals surface area contributed by atoms with Crippen molar-refractivity contribution < 1.29 is 80.2 Å². The van der Waals surface area contributed by atoms with E-state index in [4.69, 9.17) is 37.0 Å². The molecule has 0 aliphatic rings. The molecule has 0 aromatic heterocycles. The van der Waals surface area contributed by atoms with Crippen molar-refractivity contribution in [2.75, 3.05) is 39.6 Å². The van der Waals surface area contributed by atoms with Crippen molar-refractivity contribution in [2.24, 2.45) is 0 Å². The van der Waals surface area contributed by atoms with E-state index in [-0.39, 0.29) is 25.7 Å². The number of allylic oxidation sites excluding steroid dienone is 6. The Labute approximate surface area is 598 Å². The van der Waals surface area contributed by atoms with E-state index in [2.05, 4.69) is 64.2 Å². The van der Waals surface area contributed by atoms with Crippen molar-refractivity contribution in [1.82, 2.24) is 0 Å². The lowest BCUT2D eigenvalue weighted by atomic mass is 10.0. The normalized spacial score (nSPS) is 14.1. The van der Waals surface area contributed by atoms with E-state index in [9.17, 15) is 43.2 Å². The minimum atomic E-state index is -4.97. The maximum atomic E-state index is 13.1. The summed E-state index contributed by atoms with van der Waals surface area (Å²) in [5, 5.41) is 10.6. The number of hydrogen-bond donors (Lipinski definition) is 3. The van der Waals surface area contributed by atoms with E-state index in [1.807, 2.05) is 0 Å². The topological polar surface area (TPSA) is 237 Å². The summed E-state index contributed by atoms with van der Waals surface area (Å²) in [6.45, 7) is 4.92. The zero-order valence-electron chi connectivity index (χ0n) is 63.0. The van der Waals surface area contributed by atoms with Crippen LogP contribution in [-0.4, -0.2) is 96.7 Å². The summed E-state index contributed by atoms with van der Waals surface area (Å²) in [6, 6.07) is 0. The zero-order chi connectivity index (χ0) is 71.8. The van der Waals surface area contributed by atoms with Crippen LogP contribution in [0.2, 0.25) is 0 Å². The number of unbranched alkanes of at least 4 members (excludes halogenated alkanes) is 45. The van der Waals surface area contributed by atoms with Crippen LogP contribution in [0.3, 0.4) is 0 Å². The quantitative estimate of drug-likeness (QED) is 0.0169. The van der Waals surface area contributed by atoms with Crippen molar-refractivity contribution in [3.05, 3.63) is 36.5 Å². The molecule has 0 saturated carbocycles. The van der Waals surface area contributed by atoms with Gasteiger partial charge in [-0.25, -0.2) is 9.13 Å². The molecule has 0 aliphatic heterocycles. The number of aliphatic hydroxyl groups is 1. The lowest BCUT2D eigenvalue weighted by Crippen LogP contribution is -2.30. The fourth-order valence-corrected chi connectivity index (χ4v) is 13.0. The van der Waals surface area contributed by atoms with Gasteiger partial charge in [0, 0.05) is 25.7 Å². The van der Waals surface area contributed by atoms with Crippen molar-refractivity contribution >= 4 is 39.5 Å². The minimum Gasteiger partial charge on any atom is -0.462 e. The van der Waals surface area contributed by atoms with Crippen LogP contribution in [-0.2, 0) is 65.4 Å². The summed E-state index contributed by atoms with van der Waals surface area (Å²) in [6.07, 6.45) is 68.3. The maximum absolute atomic E-state index is 13.1. The summed E-state index contributed by atoms with van der Waals surface area (Å²) in [5.41, 5.74) is 0. The van der Waals surface area contributed by atoms with Gasteiger partial charge in [0.25, 0.3) is 0 Å². The number of phosphoric acid groups is 2. The van der Waals surface area contributed by atoms with Crippen LogP contribution in [0.15, 0.2) is 36.5 Å². The molecule has 0 fully saturated rings. The first-order chi connectivity index (χ1) is 47.7. The Hall–Kier alpha value is -2.72. The van der Waals surface area contributed by atoms with Crippen molar-refractivity contribution in [2.45, 2.75) is 406 Å². The third-order valence-corrected chi connectivity index (χ3v) is 19.5. The molecule has 0 aliphatic carbocycles. The zero-order valence-corrected chi connectivity index (χ0v) is 64.8. The van der Waals surface area contributed by atoms with Gasteiger partial charge in [-0.3, -0.25) is 37.3 Å². The maximum Gasteiger partial charge on any atom is 0.472 e. The Balaban J connectivity index is 5.31. The van der Waals surface area contributed by atoms with E-state index >= 15 is 0 Å². The molecule has 0 bridgehead atoms. The lowest BCUT2D eigenvalue weighted by Gasteiger charge is -2.21. The largest absolute Gasteiger partial charge is 0.472 e. The van der Waals surface area contributed by atoms with Crippen LogP contribution in [0.5, 0.6) is 0 Å². The van der Waals surface area contributed by atoms with Gasteiger partial charge in [-0.1, -0.05) is 315 Å². The fourth-order valence-electron chi connectivity index (χ4n) is 11.4. The van der Waals surface area contributed by atoms with Gasteiger partial charge in [0.1, 0.15) is 19.3 Å². The van der Waals surface area contributed by atoms with Crippen LogP contribution >= 0.6 is 15.6 Å². The number of esters is 4. The predicted octanol–water partition coefficient (Wildman–Crippen LogP) is 23.1. The smallest absolute Gasteiger partial charge is 0.462 e. The Kier molecular flexibility index (Phi) is 70.6. The number of rotatable bonds is 77. The van der Waals surface area contributed by atoms with Gasteiger partial charge in [-0.05, 0) is 83.5 Å². The van der Waals surface area contributed by atoms with Crippen LogP contribution in [0.4, 0.5) is 0 Å². The minimum absolute atomic E-state index is 0.101. The standard InChI is InChI=1S/C79H148O17P2/c1-5-9-13-17-21-25-29-33-36-40-43-47-51-55-59-63-76(81)89-69-74(95-78(83)65-61-57-53-49-45-39-32-28-24-20-16-12-8-4)71-93-97(85,86)91-67-73(80)68-92-98(87,88)94-72-75(96-79(84)66-62-58-54-50-46-42-38-35-31-27-23-19-15-11-7-3)70-90-77(82)64-60-56-52-48-44-41-37-34-30-26-22-18-14-10-6-2/h22,26,33-34,36-37,73-75,80H,5-21,23-25,27-32,35,38-72H2,1-4H3,(H,85,86)(H,87,88)/b26-22-,36-33-,37-34-/t73-,74+,75+/m0/s1. The monoisotopic (exact) mass is 1430 g/mol. The van der Waals surface area contributed by atoms with E-state index < -0.39 is 97.5 Å². The molecule has 0 aromatic carbocycles. The number of hydrogen-bond acceptors (Lipinski definition) is 15. The van der Waals surface area contributed by atoms with Crippen molar-refractivity contribution in [3.63, 3.8) is 0 Å². The first kappa shape index (κ1) is 95.3. The summed E-state index contributed by atoms with van der Waals surface area (Å²) >= 11 is 0. The van der Waals surface area contributed by atoms with E-state index in [0.717, 1.165) is 135 Å². The fraction of sp³-hybridized carbons (Fsp3) is 0.873. The van der Waals surface area contributed by atoms with Crippen LogP contribution in [0, 0.1) is 0 Å². The second-order valence-corrected chi connectivity index (χ2v) is 30.3. The summed E-state index contributed by atoms with van der Waals surface area (Å²) in [5.74, 6) is -2.15. The van der Waals surface area contributed by atoms with Crippen LogP contribution < -0.4 is 0 Å². The third-order valence-electron chi connectivity index (χ3n) is 17.6. The Bertz CT molecular complexity index is 2000. The molecule has 98 heavy (non-hydrogen) atoms. The molecule has 17 nitrogen and oxygen atoms in total. The number of aliphatic hydroxyl groups excluding tert-OH is 1. The molecular weight excluding hydrogens is 1280 g/mol. The molecule has 3 N–H and O–H groups in total. The average Bonchev–Trinajstić information content (AvgIpc) is 1.04. The second kappa shape index (κ2) is 72.6. The molecule has 19 heteroatoms. The highest BCUT2D eigenvalue weighted by molar-refractivity contribution is 7.47. The SMILES string of the molecule is CCCCC/C=C\C/C=C\CCCCCCCC(=O)OC[C@H](COP(=O)(O)OC[C@@H](O)COP(=O)(O)OC[C@@H](COC(=O)CCCCCCC/C=C\CCCCCCCC)OC(=O)CCCCCCCCCCCCCCC)OC(=O)CCCCCCCCCCCCCCCCC. The van der Waals surface area contributed by atoms with Crippen LogP contribution in [0.25, 0.3) is 0 Å². The highest BCUT2D eigenvalue weighted by Crippen LogP contribution is 2.45.